The van der Waals surface area contributed by atoms with Crippen LogP contribution in [0.3, 0.4) is 0 Å². The highest BCUT2D eigenvalue weighted by atomic mass is 16.5. The summed E-state index contributed by atoms with van der Waals surface area (Å²) in [6, 6.07) is 5.47. The van der Waals surface area contributed by atoms with Crippen LogP contribution in [0.4, 0.5) is 0 Å². The molecule has 0 aromatic heterocycles. The van der Waals surface area contributed by atoms with Crippen molar-refractivity contribution in [2.45, 2.75) is 57.6 Å². The normalized spacial score (nSPS) is 16.4. The highest BCUT2D eigenvalue weighted by Crippen LogP contribution is 2.23. The Bertz CT molecular complexity index is 640. The summed E-state index contributed by atoms with van der Waals surface area (Å²) in [7, 11) is 3.12. The fraction of sp³-hybridized carbons (Fsp3) is 0.524. The smallest absolute Gasteiger partial charge is 0.331 e. The molecule has 1 saturated carbocycles. The van der Waals surface area contributed by atoms with Gasteiger partial charge in [-0.3, -0.25) is 4.79 Å². The first-order valence-electron chi connectivity index (χ1n) is 9.44. The molecule has 0 radical (unpaired) electrons. The minimum absolute atomic E-state index is 0.181. The number of rotatable bonds is 7. The van der Waals surface area contributed by atoms with Crippen molar-refractivity contribution in [3.63, 3.8) is 0 Å². The van der Waals surface area contributed by atoms with E-state index in [9.17, 15) is 9.59 Å². The molecule has 2 rings (SSSR count). The van der Waals surface area contributed by atoms with Crippen molar-refractivity contribution in [1.29, 1.82) is 0 Å². The summed E-state index contributed by atoms with van der Waals surface area (Å²) in [5, 5.41) is 2.99. The molecule has 1 fully saturated rings. The van der Waals surface area contributed by atoms with Crippen molar-refractivity contribution in [1.82, 2.24) is 5.32 Å². The molecule has 27 heavy (non-hydrogen) atoms. The Morgan fingerprint density at radius 1 is 1.04 bits per heavy atom. The Morgan fingerprint density at radius 3 is 2.19 bits per heavy atom. The molecule has 1 N–H and O–H groups in total. The molecule has 6 heteroatoms. The minimum atomic E-state index is -0.828. The Hall–Kier alpha value is -2.50. The van der Waals surface area contributed by atoms with E-state index in [-0.39, 0.29) is 11.9 Å². The van der Waals surface area contributed by atoms with Crippen LogP contribution in [0.1, 0.15) is 51.0 Å². The van der Waals surface area contributed by atoms with Crippen LogP contribution in [0, 0.1) is 0 Å². The number of hydrogen-bond acceptors (Lipinski definition) is 5. The Morgan fingerprint density at radius 2 is 1.63 bits per heavy atom. The lowest BCUT2D eigenvalue weighted by atomic mass is 10.1. The molecule has 6 nitrogen and oxygen atoms in total. The second kappa shape index (κ2) is 10.6. The quantitative estimate of drug-likeness (QED) is 0.449. The van der Waals surface area contributed by atoms with Crippen molar-refractivity contribution in [2.75, 3.05) is 14.2 Å². The number of carbonyl (C=O) groups excluding carboxylic acids is 2. The number of hydrogen-bond donors (Lipinski definition) is 1. The Labute approximate surface area is 160 Å². The molecule has 1 aromatic rings. The molecule has 1 aromatic carbocycles. The van der Waals surface area contributed by atoms with Crippen molar-refractivity contribution >= 4 is 18.0 Å². The number of nitrogens with one attached hydrogen (secondary N) is 1. The summed E-state index contributed by atoms with van der Waals surface area (Å²) in [5.41, 5.74) is 0.735. The maximum atomic E-state index is 12.3. The third-order valence-corrected chi connectivity index (χ3v) is 4.65. The van der Waals surface area contributed by atoms with Crippen LogP contribution in [-0.4, -0.2) is 38.2 Å². The third kappa shape index (κ3) is 6.96. The molecular weight excluding hydrogens is 346 g/mol. The fourth-order valence-corrected chi connectivity index (χ4v) is 3.10. The van der Waals surface area contributed by atoms with Gasteiger partial charge in [0.2, 0.25) is 0 Å². The van der Waals surface area contributed by atoms with Gasteiger partial charge in [0.05, 0.1) is 14.2 Å². The van der Waals surface area contributed by atoms with Gasteiger partial charge in [-0.2, -0.15) is 0 Å². The van der Waals surface area contributed by atoms with E-state index in [4.69, 9.17) is 14.2 Å². The monoisotopic (exact) mass is 375 g/mol. The molecule has 1 atom stereocenters. The molecule has 0 unspecified atom stereocenters. The third-order valence-electron chi connectivity index (χ3n) is 4.65. The van der Waals surface area contributed by atoms with Gasteiger partial charge < -0.3 is 19.5 Å². The molecular formula is C21H29NO5. The lowest BCUT2D eigenvalue weighted by Gasteiger charge is -2.19. The molecule has 0 heterocycles. The number of esters is 1. The number of methoxy groups -OCH3 is 2. The lowest BCUT2D eigenvalue weighted by Crippen LogP contribution is -2.41. The van der Waals surface area contributed by atoms with E-state index in [0.717, 1.165) is 31.2 Å². The fourth-order valence-electron chi connectivity index (χ4n) is 3.10. The zero-order valence-corrected chi connectivity index (χ0v) is 16.3. The van der Waals surface area contributed by atoms with E-state index in [1.807, 2.05) is 0 Å². The highest BCUT2D eigenvalue weighted by molar-refractivity contribution is 5.90. The van der Waals surface area contributed by atoms with E-state index in [1.165, 1.54) is 18.9 Å². The molecule has 1 aliphatic rings. The Kier molecular flexibility index (Phi) is 8.17. The van der Waals surface area contributed by atoms with Crippen molar-refractivity contribution in [2.24, 2.45) is 0 Å². The maximum absolute atomic E-state index is 12.3. The zero-order valence-electron chi connectivity index (χ0n) is 16.3. The van der Waals surface area contributed by atoms with Crippen molar-refractivity contribution in [3.05, 3.63) is 29.8 Å². The molecule has 148 valence electrons. The highest BCUT2D eigenvalue weighted by Gasteiger charge is 2.21. The minimum Gasteiger partial charge on any atom is -0.497 e. The van der Waals surface area contributed by atoms with Gasteiger partial charge in [0.1, 0.15) is 11.5 Å². The van der Waals surface area contributed by atoms with Gasteiger partial charge in [-0.05, 0) is 43.5 Å². The van der Waals surface area contributed by atoms with Crippen molar-refractivity contribution < 1.29 is 23.8 Å². The van der Waals surface area contributed by atoms with E-state index >= 15 is 0 Å². The topological polar surface area (TPSA) is 73.9 Å². The molecule has 0 spiro atoms. The molecule has 0 aliphatic heterocycles. The van der Waals surface area contributed by atoms with Crippen LogP contribution in [0.25, 0.3) is 6.08 Å². The number of amides is 1. The van der Waals surface area contributed by atoms with Gasteiger partial charge in [-0.15, -0.1) is 0 Å². The second-order valence-electron chi connectivity index (χ2n) is 6.76. The van der Waals surface area contributed by atoms with Gasteiger partial charge in [0.15, 0.2) is 6.10 Å². The first kappa shape index (κ1) is 20.8. The van der Waals surface area contributed by atoms with Crippen molar-refractivity contribution in [3.8, 4) is 11.5 Å². The molecule has 0 saturated heterocycles. The summed E-state index contributed by atoms with van der Waals surface area (Å²) in [5.74, 6) is 0.434. The van der Waals surface area contributed by atoms with Crippen LogP contribution < -0.4 is 14.8 Å². The summed E-state index contributed by atoms with van der Waals surface area (Å²) >= 11 is 0. The summed E-state index contributed by atoms with van der Waals surface area (Å²) in [6.45, 7) is 1.59. The average Bonchev–Trinajstić information content (AvgIpc) is 2.94. The molecule has 1 amide bonds. The lowest BCUT2D eigenvalue weighted by molar-refractivity contribution is -0.150. The maximum Gasteiger partial charge on any atom is 0.331 e. The van der Waals surface area contributed by atoms with E-state index in [1.54, 1.807) is 45.4 Å². The van der Waals surface area contributed by atoms with Crippen LogP contribution in [-0.2, 0) is 14.3 Å². The van der Waals surface area contributed by atoms with E-state index in [2.05, 4.69) is 5.32 Å². The number of ether oxygens (including phenoxy) is 3. The predicted octanol–water partition coefficient (Wildman–Crippen LogP) is 3.49. The number of benzene rings is 1. The summed E-state index contributed by atoms with van der Waals surface area (Å²) in [6.07, 6.45) is 8.75. The Balaban J connectivity index is 1.88. The SMILES string of the molecule is COc1cc(/C=C/C(=O)O[C@@H](C)C(=O)NC2CCCCCC2)cc(OC)c1. The van der Waals surface area contributed by atoms with E-state index < -0.39 is 12.1 Å². The second-order valence-corrected chi connectivity index (χ2v) is 6.76. The molecule has 0 bridgehead atoms. The average molecular weight is 375 g/mol. The van der Waals surface area contributed by atoms with Gasteiger partial charge >= 0.3 is 5.97 Å². The molecule has 1 aliphatic carbocycles. The van der Waals surface area contributed by atoms with Crippen LogP contribution in [0.2, 0.25) is 0 Å². The summed E-state index contributed by atoms with van der Waals surface area (Å²) in [4.78, 5) is 24.3. The van der Waals surface area contributed by atoms with Gasteiger partial charge in [-0.25, -0.2) is 4.79 Å². The van der Waals surface area contributed by atoms with Crippen LogP contribution in [0.5, 0.6) is 11.5 Å². The first-order valence-corrected chi connectivity index (χ1v) is 9.44. The van der Waals surface area contributed by atoms with Crippen LogP contribution in [0.15, 0.2) is 24.3 Å². The van der Waals surface area contributed by atoms with E-state index in [0.29, 0.717) is 11.5 Å². The first-order chi connectivity index (χ1) is 13.0. The number of carbonyl (C=O) groups is 2. The summed E-state index contributed by atoms with van der Waals surface area (Å²) < 4.78 is 15.6. The van der Waals surface area contributed by atoms with Gasteiger partial charge in [-0.1, -0.05) is 25.7 Å². The van der Waals surface area contributed by atoms with Gasteiger partial charge in [0.25, 0.3) is 5.91 Å². The standard InChI is InChI=1S/C21H29NO5/c1-15(21(24)22-17-8-6-4-5-7-9-17)27-20(23)11-10-16-12-18(25-2)14-19(13-16)26-3/h10-15,17H,4-9H2,1-3H3,(H,22,24)/b11-10+/t15-/m0/s1. The predicted molar refractivity (Wildman–Crippen MR) is 104 cm³/mol. The zero-order chi connectivity index (χ0) is 19.6. The van der Waals surface area contributed by atoms with Crippen LogP contribution >= 0.6 is 0 Å². The largest absolute Gasteiger partial charge is 0.497 e. The van der Waals surface area contributed by atoms with Gasteiger partial charge in [0, 0.05) is 18.2 Å².